The van der Waals surface area contributed by atoms with Gasteiger partial charge in [0, 0.05) is 18.3 Å². The van der Waals surface area contributed by atoms with E-state index in [4.69, 9.17) is 11.6 Å². The number of benzene rings is 2. The maximum Gasteiger partial charge on any atom is 0.416 e. The van der Waals surface area contributed by atoms with Crippen LogP contribution in [0.5, 0.6) is 0 Å². The molecule has 0 unspecified atom stereocenters. The summed E-state index contributed by atoms with van der Waals surface area (Å²) in [6.45, 7) is 0. The second kappa shape index (κ2) is 10.8. The summed E-state index contributed by atoms with van der Waals surface area (Å²) in [5, 5.41) is 6.35. The van der Waals surface area contributed by atoms with Crippen LogP contribution in [0.3, 0.4) is 0 Å². The van der Waals surface area contributed by atoms with E-state index in [0.29, 0.717) is 24.8 Å². The zero-order chi connectivity index (χ0) is 26.8. The zero-order valence-corrected chi connectivity index (χ0v) is 21.1. The van der Waals surface area contributed by atoms with Crippen molar-refractivity contribution in [2.45, 2.75) is 48.3 Å². The third kappa shape index (κ3) is 6.31. The average molecular weight is 558 g/mol. The van der Waals surface area contributed by atoms with Crippen LogP contribution in [0.15, 0.2) is 59.9 Å². The molecule has 0 amide bonds. The van der Waals surface area contributed by atoms with Gasteiger partial charge in [0.2, 0.25) is 0 Å². The minimum absolute atomic E-state index is 0.000632. The Morgan fingerprint density at radius 3 is 2.54 bits per heavy atom. The number of alkyl halides is 3. The molecule has 1 heterocycles. The van der Waals surface area contributed by atoms with E-state index in [2.05, 4.69) is 25.3 Å². The molecule has 1 fully saturated rings. The quantitative estimate of drug-likeness (QED) is 0.336. The fourth-order valence-corrected chi connectivity index (χ4v) is 5.90. The van der Waals surface area contributed by atoms with Gasteiger partial charge in [-0.1, -0.05) is 29.8 Å². The van der Waals surface area contributed by atoms with Gasteiger partial charge < -0.3 is 10.6 Å². The van der Waals surface area contributed by atoms with E-state index in [9.17, 15) is 26.0 Å². The predicted molar refractivity (Wildman–Crippen MR) is 133 cm³/mol. The molecule has 0 aliphatic heterocycles. The summed E-state index contributed by atoms with van der Waals surface area (Å²) >= 11 is 6.33. The first-order valence-corrected chi connectivity index (χ1v) is 13.2. The number of likely N-dealkylation sites (N-methyl/N-ethyl adjacent to an activating group) is 1. The number of halogens is 5. The topological polar surface area (TPSA) is 96.0 Å². The number of sulfonamides is 1. The van der Waals surface area contributed by atoms with Gasteiger partial charge in [0.05, 0.1) is 16.3 Å². The number of rotatable bonds is 7. The fourth-order valence-electron chi connectivity index (χ4n) is 4.52. The van der Waals surface area contributed by atoms with Gasteiger partial charge in [0.15, 0.2) is 0 Å². The molecule has 198 valence electrons. The smallest absolute Gasteiger partial charge is 0.379 e. The lowest BCUT2D eigenvalue weighted by molar-refractivity contribution is -0.137. The number of hydrogen-bond acceptors (Lipinski definition) is 6. The minimum atomic E-state index is -4.41. The molecule has 13 heteroatoms. The van der Waals surface area contributed by atoms with Crippen molar-refractivity contribution in [3.63, 3.8) is 0 Å². The summed E-state index contributed by atoms with van der Waals surface area (Å²) < 4.78 is 81.9. The lowest BCUT2D eigenvalue weighted by Gasteiger charge is -2.37. The molecule has 37 heavy (non-hydrogen) atoms. The number of hydrogen-bond donors (Lipinski definition) is 3. The highest BCUT2D eigenvalue weighted by Crippen LogP contribution is 2.38. The van der Waals surface area contributed by atoms with Crippen LogP contribution in [0.2, 0.25) is 5.02 Å². The Kier molecular flexibility index (Phi) is 7.91. The van der Waals surface area contributed by atoms with Crippen LogP contribution in [0.1, 0.15) is 36.3 Å². The van der Waals surface area contributed by atoms with Crippen molar-refractivity contribution in [1.29, 1.82) is 0 Å². The maximum absolute atomic E-state index is 14.9. The van der Waals surface area contributed by atoms with Gasteiger partial charge in [-0.25, -0.2) is 22.8 Å². The van der Waals surface area contributed by atoms with Crippen LogP contribution in [0.25, 0.3) is 0 Å². The first-order chi connectivity index (χ1) is 17.5. The highest BCUT2D eigenvalue weighted by Gasteiger charge is 2.34. The fraction of sp³-hybridized carbons (Fsp3) is 0.333. The summed E-state index contributed by atoms with van der Waals surface area (Å²) in [6.07, 6.45) is -0.214. The highest BCUT2D eigenvalue weighted by molar-refractivity contribution is 7.92. The molecule has 0 bridgehead atoms. The molecule has 0 radical (unpaired) electrons. The monoisotopic (exact) mass is 557 g/mol. The molecule has 3 N–H and O–H groups in total. The van der Waals surface area contributed by atoms with Gasteiger partial charge in [0.1, 0.15) is 22.9 Å². The van der Waals surface area contributed by atoms with Crippen LogP contribution in [-0.4, -0.2) is 37.5 Å². The van der Waals surface area contributed by atoms with Crippen molar-refractivity contribution in [2.75, 3.05) is 17.1 Å². The van der Waals surface area contributed by atoms with E-state index >= 15 is 0 Å². The number of nitrogens with one attached hydrogen (secondary N) is 3. The normalized spacial score (nSPS) is 20.4. The van der Waals surface area contributed by atoms with Gasteiger partial charge in [-0.3, -0.25) is 4.72 Å². The Morgan fingerprint density at radius 2 is 1.86 bits per heavy atom. The van der Waals surface area contributed by atoms with Crippen molar-refractivity contribution < 1.29 is 26.0 Å². The number of anilines is 2. The third-order valence-corrected chi connectivity index (χ3v) is 8.06. The van der Waals surface area contributed by atoms with Gasteiger partial charge in [-0.15, -0.1) is 0 Å². The lowest BCUT2D eigenvalue weighted by atomic mass is 9.78. The van der Waals surface area contributed by atoms with E-state index in [1.807, 2.05) is 0 Å². The van der Waals surface area contributed by atoms with Crippen LogP contribution in [0.4, 0.5) is 29.1 Å². The molecule has 0 saturated heterocycles. The molecule has 3 aromatic rings. The molecule has 1 aliphatic carbocycles. The van der Waals surface area contributed by atoms with Crippen LogP contribution in [-0.2, 0) is 16.2 Å². The summed E-state index contributed by atoms with van der Waals surface area (Å²) in [5.74, 6) is -1.13. The Bertz CT molecular complexity index is 1360. The summed E-state index contributed by atoms with van der Waals surface area (Å²) in [4.78, 5) is 6.82. The van der Waals surface area contributed by atoms with E-state index in [-0.39, 0.29) is 34.5 Å². The van der Waals surface area contributed by atoms with Crippen molar-refractivity contribution >= 4 is 33.1 Å². The van der Waals surface area contributed by atoms with Crippen molar-refractivity contribution in [3.8, 4) is 0 Å². The summed E-state index contributed by atoms with van der Waals surface area (Å²) in [6, 6.07) is 8.33. The molecule has 1 saturated carbocycles. The standard InChI is InChI=1S/C24H24ClF4N5O2S/c1-30-21-10-15(14-3-2-4-16(9-14)24(27,28)29)5-6-19(21)33-20-12-18(26)22(11-17(20)25)37(35,36)34-23-7-8-31-13-32-23/h2-4,7-9,11-13,15,19,21,30,33H,5-6,10H2,1H3,(H,31,32,34)/t15-,19-,21-/m0/s1. The average Bonchev–Trinajstić information content (AvgIpc) is 2.86. The van der Waals surface area contributed by atoms with E-state index in [0.717, 1.165) is 24.5 Å². The van der Waals surface area contributed by atoms with Gasteiger partial charge in [0.25, 0.3) is 10.0 Å². The molecule has 4 rings (SSSR count). The molecule has 2 aromatic carbocycles. The minimum Gasteiger partial charge on any atom is -0.379 e. The van der Waals surface area contributed by atoms with Crippen LogP contribution in [0, 0.1) is 5.82 Å². The first-order valence-electron chi connectivity index (χ1n) is 11.4. The first kappa shape index (κ1) is 27.1. The Hall–Kier alpha value is -2.96. The Balaban J connectivity index is 1.49. The second-order valence-electron chi connectivity index (χ2n) is 8.74. The third-order valence-electron chi connectivity index (χ3n) is 6.38. The lowest BCUT2D eigenvalue weighted by Crippen LogP contribution is -2.46. The highest BCUT2D eigenvalue weighted by atomic mass is 35.5. The van der Waals surface area contributed by atoms with Crippen LogP contribution >= 0.6 is 11.6 Å². The molecule has 0 spiro atoms. The van der Waals surface area contributed by atoms with Crippen molar-refractivity contribution in [3.05, 3.63) is 77.0 Å². The van der Waals surface area contributed by atoms with Crippen molar-refractivity contribution in [2.24, 2.45) is 0 Å². The summed E-state index contributed by atoms with van der Waals surface area (Å²) in [5.41, 5.74) is 0.143. The van der Waals surface area contributed by atoms with Gasteiger partial charge >= 0.3 is 6.18 Å². The van der Waals surface area contributed by atoms with Crippen LogP contribution < -0.4 is 15.4 Å². The maximum atomic E-state index is 14.9. The largest absolute Gasteiger partial charge is 0.416 e. The molecule has 1 aromatic heterocycles. The molecule has 7 nitrogen and oxygen atoms in total. The van der Waals surface area contributed by atoms with E-state index in [1.54, 1.807) is 13.1 Å². The number of aromatic nitrogens is 2. The van der Waals surface area contributed by atoms with E-state index < -0.39 is 32.5 Å². The number of nitrogens with zero attached hydrogens (tertiary/aromatic N) is 2. The Morgan fingerprint density at radius 1 is 1.08 bits per heavy atom. The molecular weight excluding hydrogens is 534 g/mol. The summed E-state index contributed by atoms with van der Waals surface area (Å²) in [7, 11) is -2.56. The molecular formula is C24H24ClF4N5O2S. The van der Waals surface area contributed by atoms with Gasteiger partial charge in [-0.05, 0) is 62.1 Å². The SMILES string of the molecule is CN[C@H]1C[C@@H](c2cccc(C(F)(F)F)c2)CC[C@@H]1Nc1cc(F)c(S(=O)(=O)Nc2ccncn2)cc1Cl. The van der Waals surface area contributed by atoms with E-state index in [1.165, 1.54) is 24.4 Å². The Labute approximate surface area is 216 Å². The van der Waals surface area contributed by atoms with Gasteiger partial charge in [-0.2, -0.15) is 13.2 Å². The zero-order valence-electron chi connectivity index (χ0n) is 19.6. The molecule has 3 atom stereocenters. The van der Waals surface area contributed by atoms with Crippen molar-refractivity contribution in [1.82, 2.24) is 15.3 Å². The second-order valence-corrected chi connectivity index (χ2v) is 10.8. The molecule has 1 aliphatic rings. The predicted octanol–water partition coefficient (Wildman–Crippen LogP) is 5.42.